The van der Waals surface area contributed by atoms with E-state index in [1.54, 1.807) is 0 Å². The lowest BCUT2D eigenvalue weighted by Crippen LogP contribution is -2.47. The topological polar surface area (TPSA) is 33.0 Å². The molecule has 0 bridgehead atoms. The van der Waals surface area contributed by atoms with E-state index in [9.17, 15) is 5.26 Å². The second-order valence-corrected chi connectivity index (χ2v) is 8.81. The predicted molar refractivity (Wildman–Crippen MR) is 96.1 cm³/mol. The number of halogens is 1. The second-order valence-electron chi connectivity index (χ2n) is 8.43. The van der Waals surface area contributed by atoms with E-state index in [0.29, 0.717) is 33.9 Å². The van der Waals surface area contributed by atoms with Crippen molar-refractivity contribution in [1.29, 1.82) is 5.26 Å². The third-order valence-corrected chi connectivity index (χ3v) is 7.88. The number of fused-ring (bicyclic) bond motifs is 5. The largest absolute Gasteiger partial charge is 0.381 e. The van der Waals surface area contributed by atoms with Crippen molar-refractivity contribution in [3.8, 4) is 6.07 Å². The Bertz CT molecular complexity index is 709. The molecule has 0 radical (unpaired) electrons. The highest BCUT2D eigenvalue weighted by Gasteiger charge is 2.57. The summed E-state index contributed by atoms with van der Waals surface area (Å²) in [5.41, 5.74) is 3.62. The molecular weight excluding hydrogens is 318 g/mol. The van der Waals surface area contributed by atoms with Gasteiger partial charge in [0.05, 0.1) is 16.7 Å². The van der Waals surface area contributed by atoms with Gasteiger partial charge in [0.25, 0.3) is 0 Å². The van der Waals surface area contributed by atoms with Crippen molar-refractivity contribution in [2.45, 2.75) is 58.0 Å². The molecule has 0 spiro atoms. The monoisotopic (exact) mass is 343 g/mol. The summed E-state index contributed by atoms with van der Waals surface area (Å²) in [6.45, 7) is 4.87. The van der Waals surface area contributed by atoms with E-state index < -0.39 is 0 Å². The van der Waals surface area contributed by atoms with E-state index >= 15 is 0 Å². The number of rotatable bonds is 1. The first-order valence-electron chi connectivity index (χ1n) is 9.25. The number of ether oxygens (including phenoxy) is 1. The number of benzene rings is 1. The van der Waals surface area contributed by atoms with Crippen molar-refractivity contribution >= 4 is 11.6 Å². The molecule has 24 heavy (non-hydrogen) atoms. The van der Waals surface area contributed by atoms with Gasteiger partial charge in [-0.25, -0.2) is 0 Å². The van der Waals surface area contributed by atoms with Crippen LogP contribution in [-0.4, -0.2) is 13.2 Å². The molecule has 3 heteroatoms. The van der Waals surface area contributed by atoms with Gasteiger partial charge in [0.2, 0.25) is 0 Å². The fraction of sp³-hybridized carbons (Fsp3) is 0.667. The third-order valence-electron chi connectivity index (χ3n) is 7.45. The number of hydrogen-bond acceptors (Lipinski definition) is 2. The maximum Gasteiger partial charge on any atom is 0.101 e. The van der Waals surface area contributed by atoms with E-state index in [1.165, 1.54) is 36.8 Å². The van der Waals surface area contributed by atoms with Crippen LogP contribution in [0.25, 0.3) is 0 Å². The van der Waals surface area contributed by atoms with E-state index in [-0.39, 0.29) is 0 Å². The van der Waals surface area contributed by atoms with Crippen molar-refractivity contribution < 1.29 is 4.74 Å². The Kier molecular flexibility index (Phi) is 3.94. The SMILES string of the molecule is CO[C@H]1CCC2C3CCc4c(ccc(C#N)c4Cl)C3[C@@H](C)C[C@@]21C. The van der Waals surface area contributed by atoms with Crippen molar-refractivity contribution in [3.05, 3.63) is 33.8 Å². The van der Waals surface area contributed by atoms with E-state index in [2.05, 4.69) is 26.0 Å². The summed E-state index contributed by atoms with van der Waals surface area (Å²) < 4.78 is 5.87. The van der Waals surface area contributed by atoms with E-state index in [4.69, 9.17) is 16.3 Å². The van der Waals surface area contributed by atoms with Gasteiger partial charge < -0.3 is 4.74 Å². The molecule has 2 nitrogen and oxygen atoms in total. The maximum absolute atomic E-state index is 9.27. The van der Waals surface area contributed by atoms with E-state index in [1.807, 2.05) is 13.2 Å². The van der Waals surface area contributed by atoms with Gasteiger partial charge in [-0.3, -0.25) is 0 Å². The molecule has 4 rings (SSSR count). The molecule has 3 aliphatic carbocycles. The zero-order valence-corrected chi connectivity index (χ0v) is 15.6. The Hall–Kier alpha value is -1.04. The lowest BCUT2D eigenvalue weighted by atomic mass is 9.52. The molecule has 1 aromatic rings. The minimum Gasteiger partial charge on any atom is -0.381 e. The number of methoxy groups -OCH3 is 1. The van der Waals surface area contributed by atoms with Gasteiger partial charge in [0.15, 0.2) is 0 Å². The summed E-state index contributed by atoms with van der Waals surface area (Å²) in [7, 11) is 1.88. The highest BCUT2D eigenvalue weighted by molar-refractivity contribution is 6.32. The van der Waals surface area contributed by atoms with Crippen LogP contribution in [0.5, 0.6) is 0 Å². The Balaban J connectivity index is 1.76. The highest BCUT2D eigenvalue weighted by Crippen LogP contribution is 2.63. The van der Waals surface area contributed by atoms with Crippen LogP contribution in [0.4, 0.5) is 0 Å². The number of nitrogens with zero attached hydrogens (tertiary/aromatic N) is 1. The highest BCUT2D eigenvalue weighted by atomic mass is 35.5. The van der Waals surface area contributed by atoms with Crippen LogP contribution in [0.15, 0.2) is 12.1 Å². The summed E-state index contributed by atoms with van der Waals surface area (Å²) in [6.07, 6.45) is 6.36. The summed E-state index contributed by atoms with van der Waals surface area (Å²) in [4.78, 5) is 0. The second kappa shape index (κ2) is 5.75. The molecule has 0 N–H and O–H groups in total. The van der Waals surface area contributed by atoms with Crippen molar-refractivity contribution in [3.63, 3.8) is 0 Å². The van der Waals surface area contributed by atoms with Gasteiger partial charge in [-0.15, -0.1) is 0 Å². The molecule has 0 amide bonds. The van der Waals surface area contributed by atoms with Gasteiger partial charge in [-0.2, -0.15) is 5.26 Å². The molecule has 6 atom stereocenters. The standard InChI is InChI=1S/C21H26ClNO/c1-12-10-21(2)17(8-9-18(21)24-3)16-7-6-15-14(19(12)16)5-4-13(11-23)20(15)22/h4-5,12,16-19H,6-10H2,1-3H3/t12-,16?,17?,18-,19?,21-/m0/s1. The van der Waals surface area contributed by atoms with Gasteiger partial charge in [-0.1, -0.05) is 31.5 Å². The van der Waals surface area contributed by atoms with Gasteiger partial charge in [0.1, 0.15) is 6.07 Å². The molecule has 2 fully saturated rings. The average Bonchev–Trinajstić information content (AvgIpc) is 2.90. The summed E-state index contributed by atoms with van der Waals surface area (Å²) in [5, 5.41) is 9.97. The normalized spacial score (nSPS) is 40.4. The van der Waals surface area contributed by atoms with Gasteiger partial charge in [-0.05, 0) is 78.4 Å². The molecule has 3 aliphatic rings. The molecule has 3 unspecified atom stereocenters. The van der Waals surface area contributed by atoms with Crippen LogP contribution < -0.4 is 0 Å². The maximum atomic E-state index is 9.27. The van der Waals surface area contributed by atoms with Crippen molar-refractivity contribution in [1.82, 2.24) is 0 Å². The van der Waals surface area contributed by atoms with Crippen LogP contribution in [0.3, 0.4) is 0 Å². The summed E-state index contributed by atoms with van der Waals surface area (Å²) in [6, 6.07) is 6.36. The van der Waals surface area contributed by atoms with Crippen LogP contribution in [0.1, 0.15) is 62.1 Å². The minimum absolute atomic E-state index is 0.323. The first kappa shape index (κ1) is 16.4. The average molecular weight is 344 g/mol. The lowest BCUT2D eigenvalue weighted by molar-refractivity contribution is -0.0618. The van der Waals surface area contributed by atoms with Crippen molar-refractivity contribution in [2.24, 2.45) is 23.2 Å². The number of hydrogen-bond donors (Lipinski definition) is 0. The van der Waals surface area contributed by atoms with Crippen LogP contribution >= 0.6 is 11.6 Å². The van der Waals surface area contributed by atoms with Gasteiger partial charge in [0, 0.05) is 7.11 Å². The molecule has 0 aromatic heterocycles. The number of nitriles is 1. The first-order valence-corrected chi connectivity index (χ1v) is 9.63. The molecular formula is C21H26ClNO. The molecule has 0 heterocycles. The fourth-order valence-corrected chi connectivity index (χ4v) is 6.92. The minimum atomic E-state index is 0.323. The van der Waals surface area contributed by atoms with Crippen LogP contribution in [0, 0.1) is 34.5 Å². The third kappa shape index (κ3) is 2.11. The Morgan fingerprint density at radius 1 is 1.29 bits per heavy atom. The Labute approximate surface area is 150 Å². The zero-order valence-electron chi connectivity index (χ0n) is 14.8. The van der Waals surface area contributed by atoms with E-state index in [0.717, 1.165) is 18.3 Å². The lowest BCUT2D eigenvalue weighted by Gasteiger charge is -2.53. The predicted octanol–water partition coefficient (Wildman–Crippen LogP) is 5.33. The zero-order chi connectivity index (χ0) is 17.1. The molecule has 1 aromatic carbocycles. The summed E-state index contributed by atoms with van der Waals surface area (Å²) >= 11 is 6.55. The van der Waals surface area contributed by atoms with Crippen LogP contribution in [-0.2, 0) is 11.2 Å². The fourth-order valence-electron chi connectivity index (χ4n) is 6.61. The smallest absolute Gasteiger partial charge is 0.101 e. The first-order chi connectivity index (χ1) is 11.5. The Morgan fingerprint density at radius 3 is 2.79 bits per heavy atom. The molecule has 0 saturated heterocycles. The van der Waals surface area contributed by atoms with Crippen LogP contribution in [0.2, 0.25) is 5.02 Å². The molecule has 128 valence electrons. The van der Waals surface area contributed by atoms with Gasteiger partial charge >= 0.3 is 0 Å². The summed E-state index contributed by atoms with van der Waals surface area (Å²) in [5.74, 6) is 2.71. The molecule has 0 aliphatic heterocycles. The van der Waals surface area contributed by atoms with Crippen molar-refractivity contribution in [2.75, 3.05) is 7.11 Å². The Morgan fingerprint density at radius 2 is 2.08 bits per heavy atom. The quantitative estimate of drug-likeness (QED) is 0.690. The molecule has 2 saturated carbocycles.